The number of esters is 2. The second-order valence-electron chi connectivity index (χ2n) is 21.8. The number of ether oxygens (including phenoxy) is 2. The average Bonchev–Trinajstić information content (AvgIpc) is 3.57. The maximum Gasteiger partial charge on any atom is 0.312 e. The van der Waals surface area contributed by atoms with Gasteiger partial charge in [-0.3, -0.25) is 9.59 Å². The van der Waals surface area contributed by atoms with Crippen molar-refractivity contribution in [3.63, 3.8) is 0 Å². The molecule has 0 bridgehead atoms. The van der Waals surface area contributed by atoms with E-state index < -0.39 is 0 Å². The fourth-order valence-electron chi connectivity index (χ4n) is 14.6. The van der Waals surface area contributed by atoms with Gasteiger partial charge in [0.1, 0.15) is 18.9 Å². The number of hydrogen-bond acceptors (Lipinski definition) is 5. The van der Waals surface area contributed by atoms with E-state index >= 15 is 0 Å². The molecule has 0 aromatic carbocycles. The zero-order valence-corrected chi connectivity index (χ0v) is 37.9. The first kappa shape index (κ1) is 42.9. The lowest BCUT2D eigenvalue weighted by atomic mass is 9.32. The molecule has 7 heteroatoms. The van der Waals surface area contributed by atoms with Crippen molar-refractivity contribution in [2.45, 2.75) is 158 Å². The van der Waals surface area contributed by atoms with Gasteiger partial charge >= 0.3 is 11.9 Å². The summed E-state index contributed by atoms with van der Waals surface area (Å²) in [5.41, 5.74) is 4.39. The molecule has 0 aliphatic heterocycles. The van der Waals surface area contributed by atoms with Gasteiger partial charge in [-0.1, -0.05) is 60.6 Å². The molecule has 0 N–H and O–H groups in total. The molecule has 5 saturated carbocycles. The molecule has 10 atom stereocenters. The summed E-state index contributed by atoms with van der Waals surface area (Å²) in [5.74, 6) is 3.10. The molecule has 0 radical (unpaired) electrons. The van der Waals surface area contributed by atoms with E-state index in [1.54, 1.807) is 0 Å². The Morgan fingerprint density at radius 3 is 2.03 bits per heavy atom. The van der Waals surface area contributed by atoms with Crippen molar-refractivity contribution < 1.29 is 28.2 Å². The van der Waals surface area contributed by atoms with Crippen molar-refractivity contribution in [1.29, 1.82) is 0 Å². The highest BCUT2D eigenvalue weighted by atomic mass is 16.5. The van der Waals surface area contributed by atoms with Gasteiger partial charge in [0.2, 0.25) is 0 Å². The molecule has 58 heavy (non-hydrogen) atoms. The molecule has 2 aromatic rings. The topological polar surface area (TPSA) is 63.6 Å². The molecule has 5 unspecified atom stereocenters. The monoisotopic (exact) mass is 796 g/mol. The van der Waals surface area contributed by atoms with Gasteiger partial charge in [0.25, 0.3) is 0 Å². The molecule has 5 aliphatic rings. The predicted octanol–water partition coefficient (Wildman–Crippen LogP) is 10.0. The lowest BCUT2D eigenvalue weighted by molar-refractivity contribution is -0.696. The van der Waals surface area contributed by atoms with E-state index in [0.717, 1.165) is 37.8 Å². The van der Waals surface area contributed by atoms with Gasteiger partial charge < -0.3 is 14.4 Å². The van der Waals surface area contributed by atoms with Crippen LogP contribution in [0.4, 0.5) is 5.69 Å². The van der Waals surface area contributed by atoms with Crippen molar-refractivity contribution in [3.8, 4) is 0 Å². The Labute approximate surface area is 351 Å². The lowest BCUT2D eigenvalue weighted by Crippen LogP contribution is -2.67. The van der Waals surface area contributed by atoms with Crippen LogP contribution >= 0.6 is 0 Å². The van der Waals surface area contributed by atoms with Gasteiger partial charge in [0.15, 0.2) is 37.9 Å². The summed E-state index contributed by atoms with van der Waals surface area (Å²) in [5, 5.41) is 0. The number of pyridine rings is 2. The van der Waals surface area contributed by atoms with Crippen LogP contribution in [0.1, 0.15) is 144 Å². The standard InChI is InChI=1S/C51H77N3O4/c1-35(2)37-17-28-53(29-18-37)32-21-44(55)57-34-51-25-14-39(36(3)4)46(51)40-12-13-42-48(7)23-16-43(58-45(56)22-33-54-30-19-38(20-31-54)52(10)11)47(5,6)41(48)15-24-50(42,9)49(40,8)26-27-51/h17-20,28-31,35,39-43,46H,3,12-16,21-27,32-34H2,1-2,4-11H3/q+2/t39?,40?,41?,42?,43-,46?,48-,49+,50+,51+/m0/s1. The van der Waals surface area contributed by atoms with Gasteiger partial charge in [0, 0.05) is 54.9 Å². The molecule has 0 spiro atoms. The quantitative estimate of drug-likeness (QED) is 0.122. The lowest BCUT2D eigenvalue weighted by Gasteiger charge is -2.73. The van der Waals surface area contributed by atoms with Crippen LogP contribution in [0.3, 0.4) is 0 Å². The molecule has 7 nitrogen and oxygen atoms in total. The van der Waals surface area contributed by atoms with E-state index in [-0.39, 0.29) is 45.1 Å². The normalized spacial score (nSPS) is 36.2. The highest BCUT2D eigenvalue weighted by molar-refractivity contribution is 5.69. The first-order chi connectivity index (χ1) is 27.3. The third-order valence-corrected chi connectivity index (χ3v) is 18.1. The molecule has 0 saturated heterocycles. The number of allylic oxidation sites excluding steroid dienone is 1. The maximum atomic E-state index is 13.4. The molecule has 2 heterocycles. The number of carbonyl (C=O) groups is 2. The van der Waals surface area contributed by atoms with Gasteiger partial charge in [0.05, 0.1) is 6.61 Å². The van der Waals surface area contributed by atoms with Crippen LogP contribution in [-0.2, 0) is 32.2 Å². The average molecular weight is 796 g/mol. The SMILES string of the molecule is C=C(C)C1CC[C@]2(COC(=O)CC[n+]3ccc(C(C)C)cc3)CC[C@]3(C)C(CCC4[C@@]5(C)CC[C@H](OC(=O)CC[n+]6ccc(N(C)C)cc6)C(C)(C)C5CC[C@]43C)C12. The van der Waals surface area contributed by atoms with E-state index in [1.165, 1.54) is 43.2 Å². The maximum absolute atomic E-state index is 13.4. The van der Waals surface area contributed by atoms with Crippen molar-refractivity contribution in [2.24, 2.45) is 56.7 Å². The van der Waals surface area contributed by atoms with E-state index in [9.17, 15) is 9.59 Å². The smallest absolute Gasteiger partial charge is 0.312 e. The van der Waals surface area contributed by atoms with Crippen LogP contribution in [0.2, 0.25) is 0 Å². The summed E-state index contributed by atoms with van der Waals surface area (Å²) in [7, 11) is 4.08. The van der Waals surface area contributed by atoms with E-state index in [4.69, 9.17) is 9.47 Å². The van der Waals surface area contributed by atoms with Crippen LogP contribution in [0.25, 0.3) is 0 Å². The number of nitrogens with zero attached hydrogens (tertiary/aromatic N) is 3. The van der Waals surface area contributed by atoms with Crippen LogP contribution in [0.15, 0.2) is 61.2 Å². The number of hydrogen-bond donors (Lipinski definition) is 0. The Kier molecular flexibility index (Phi) is 11.8. The minimum absolute atomic E-state index is 0.0396. The van der Waals surface area contributed by atoms with Gasteiger partial charge in [-0.2, -0.15) is 0 Å². The van der Waals surface area contributed by atoms with Crippen molar-refractivity contribution >= 4 is 17.6 Å². The Morgan fingerprint density at radius 1 is 0.776 bits per heavy atom. The number of fused-ring (bicyclic) bond motifs is 7. The van der Waals surface area contributed by atoms with E-state index in [2.05, 4.69) is 125 Å². The number of aryl methyl sites for hydroxylation is 2. The summed E-state index contributed by atoms with van der Waals surface area (Å²) in [6, 6.07) is 8.50. The van der Waals surface area contributed by atoms with Crippen LogP contribution in [-0.4, -0.2) is 38.7 Å². The fraction of sp³-hybridized carbons (Fsp3) is 0.725. The summed E-state index contributed by atoms with van der Waals surface area (Å²) >= 11 is 0. The summed E-state index contributed by atoms with van der Waals surface area (Å²) < 4.78 is 16.9. The largest absolute Gasteiger partial charge is 0.465 e. The summed E-state index contributed by atoms with van der Waals surface area (Å²) in [4.78, 5) is 28.8. The minimum Gasteiger partial charge on any atom is -0.465 e. The van der Waals surface area contributed by atoms with Crippen molar-refractivity contribution in [1.82, 2.24) is 0 Å². The summed E-state index contributed by atoms with van der Waals surface area (Å²) in [6.07, 6.45) is 20.7. The third kappa shape index (κ3) is 7.45. The second kappa shape index (κ2) is 16.0. The van der Waals surface area contributed by atoms with Gasteiger partial charge in [-0.05, 0) is 128 Å². The van der Waals surface area contributed by atoms with Crippen molar-refractivity contribution in [3.05, 3.63) is 66.8 Å². The molecule has 5 fully saturated rings. The molecular weight excluding hydrogens is 719 g/mol. The molecular formula is C51H77N3O4+2. The van der Waals surface area contributed by atoms with E-state index in [1.807, 2.05) is 14.1 Å². The Morgan fingerprint density at radius 2 is 1.41 bits per heavy atom. The number of carbonyl (C=O) groups excluding carboxylic acids is 2. The van der Waals surface area contributed by atoms with Crippen molar-refractivity contribution in [2.75, 3.05) is 25.6 Å². The highest BCUT2D eigenvalue weighted by Crippen LogP contribution is 2.77. The first-order valence-corrected chi connectivity index (χ1v) is 23.0. The van der Waals surface area contributed by atoms with Crippen LogP contribution in [0, 0.1) is 56.7 Å². The number of rotatable bonds is 12. The minimum atomic E-state index is -0.0830. The summed E-state index contributed by atoms with van der Waals surface area (Å²) in [6.45, 7) is 25.9. The van der Waals surface area contributed by atoms with Gasteiger partial charge in [-0.25, -0.2) is 9.13 Å². The highest BCUT2D eigenvalue weighted by Gasteiger charge is 2.71. The predicted molar refractivity (Wildman–Crippen MR) is 231 cm³/mol. The van der Waals surface area contributed by atoms with Crippen LogP contribution < -0.4 is 14.0 Å². The zero-order chi connectivity index (χ0) is 41.8. The fourth-order valence-corrected chi connectivity index (χ4v) is 14.6. The second-order valence-corrected chi connectivity index (χ2v) is 21.8. The Bertz CT molecular complexity index is 1820. The molecule has 7 rings (SSSR count). The first-order valence-electron chi connectivity index (χ1n) is 23.0. The Hall–Kier alpha value is -3.22. The van der Waals surface area contributed by atoms with Gasteiger partial charge in [-0.15, -0.1) is 0 Å². The zero-order valence-electron chi connectivity index (χ0n) is 37.9. The van der Waals surface area contributed by atoms with Crippen LogP contribution in [0.5, 0.6) is 0 Å². The molecule has 2 aromatic heterocycles. The number of anilines is 1. The molecule has 318 valence electrons. The number of aromatic nitrogens is 2. The Balaban J connectivity index is 1.02. The molecule has 0 amide bonds. The van der Waals surface area contributed by atoms with E-state index in [0.29, 0.717) is 68.0 Å². The third-order valence-electron chi connectivity index (χ3n) is 18.1. The molecule has 5 aliphatic carbocycles.